The molecule has 1 saturated heterocycles. The summed E-state index contributed by atoms with van der Waals surface area (Å²) < 4.78 is 25.4. The first-order valence-corrected chi connectivity index (χ1v) is 12.3. The number of carbonyl (C=O) groups excluding carboxylic acids is 1. The van der Waals surface area contributed by atoms with Gasteiger partial charge in [-0.1, -0.05) is 91.0 Å². The van der Waals surface area contributed by atoms with E-state index in [2.05, 4.69) is 0 Å². The molecule has 1 heterocycles. The van der Waals surface area contributed by atoms with Crippen molar-refractivity contribution in [1.82, 2.24) is 0 Å². The lowest BCUT2D eigenvalue weighted by Gasteiger charge is -2.37. The third-order valence-corrected chi connectivity index (χ3v) is 6.84. The molecule has 182 valence electrons. The van der Waals surface area contributed by atoms with Gasteiger partial charge in [-0.05, 0) is 23.6 Å². The van der Waals surface area contributed by atoms with Crippen molar-refractivity contribution in [3.8, 4) is 0 Å². The monoisotopic (exact) mass is 472 g/mol. The van der Waals surface area contributed by atoms with E-state index in [0.717, 1.165) is 16.7 Å². The number of hydrogen-bond acceptors (Lipinski definition) is 5. The number of rotatable bonds is 11. The van der Waals surface area contributed by atoms with Crippen molar-refractivity contribution in [3.05, 3.63) is 108 Å². The molecule has 35 heavy (non-hydrogen) atoms. The quantitative estimate of drug-likeness (QED) is 0.394. The summed E-state index contributed by atoms with van der Waals surface area (Å²) in [7, 11) is 0. The second-order valence-electron chi connectivity index (χ2n) is 9.38. The molecule has 1 aliphatic heterocycles. The summed E-state index contributed by atoms with van der Waals surface area (Å²) >= 11 is 0. The predicted octanol–water partition coefficient (Wildman–Crippen LogP) is 4.98. The van der Waals surface area contributed by atoms with Gasteiger partial charge in [0.15, 0.2) is 0 Å². The molecule has 1 aliphatic carbocycles. The number of ether oxygens (including phenoxy) is 4. The highest BCUT2D eigenvalue weighted by Crippen LogP contribution is 2.52. The number of ketones is 1. The zero-order valence-corrected chi connectivity index (χ0v) is 20.0. The van der Waals surface area contributed by atoms with Crippen LogP contribution in [-0.2, 0) is 43.6 Å². The van der Waals surface area contributed by atoms with Crippen molar-refractivity contribution in [2.75, 3.05) is 6.61 Å². The Labute approximate surface area is 207 Å². The van der Waals surface area contributed by atoms with Crippen molar-refractivity contribution < 1.29 is 23.7 Å². The normalized spacial score (nSPS) is 27.2. The summed E-state index contributed by atoms with van der Waals surface area (Å²) in [5.41, 5.74) is 3.28. The van der Waals surface area contributed by atoms with Gasteiger partial charge in [0, 0.05) is 5.92 Å². The molecule has 0 N–H and O–H groups in total. The molecular formula is C30H32O5. The Morgan fingerprint density at radius 3 is 1.71 bits per heavy atom. The minimum absolute atomic E-state index is 0.00218. The molecule has 3 aromatic carbocycles. The Morgan fingerprint density at radius 2 is 1.20 bits per heavy atom. The highest BCUT2D eigenvalue weighted by molar-refractivity contribution is 5.82. The molecule has 3 aromatic rings. The zero-order valence-electron chi connectivity index (χ0n) is 20.0. The Hall–Kier alpha value is -2.83. The van der Waals surface area contributed by atoms with E-state index in [1.807, 2.05) is 91.0 Å². The van der Waals surface area contributed by atoms with Crippen molar-refractivity contribution in [2.24, 2.45) is 11.8 Å². The maximum absolute atomic E-state index is 12.4. The minimum atomic E-state index is -0.347. The first kappa shape index (κ1) is 23.9. The molecule has 0 aromatic heterocycles. The first-order chi connectivity index (χ1) is 17.2. The predicted molar refractivity (Wildman–Crippen MR) is 132 cm³/mol. The summed E-state index contributed by atoms with van der Waals surface area (Å²) in [6, 6.07) is 30.3. The van der Waals surface area contributed by atoms with E-state index in [1.54, 1.807) is 6.92 Å². The van der Waals surface area contributed by atoms with Crippen LogP contribution in [0.5, 0.6) is 0 Å². The molecule has 0 spiro atoms. The summed E-state index contributed by atoms with van der Waals surface area (Å²) in [5.74, 6) is -0.0129. The fourth-order valence-electron chi connectivity index (χ4n) is 5.03. The lowest BCUT2D eigenvalue weighted by Crippen LogP contribution is -2.50. The lowest BCUT2D eigenvalue weighted by atomic mass is 9.99. The first-order valence-electron chi connectivity index (χ1n) is 12.3. The van der Waals surface area contributed by atoms with Gasteiger partial charge in [-0.2, -0.15) is 0 Å². The highest BCUT2D eigenvalue weighted by Gasteiger charge is 2.65. The molecule has 5 rings (SSSR count). The maximum Gasteiger partial charge on any atom is 0.135 e. The average Bonchev–Trinajstić information content (AvgIpc) is 3.62. The maximum atomic E-state index is 12.4. The molecule has 3 unspecified atom stereocenters. The molecule has 5 heteroatoms. The summed E-state index contributed by atoms with van der Waals surface area (Å²) in [5, 5.41) is 0. The second-order valence-corrected chi connectivity index (χ2v) is 9.38. The van der Waals surface area contributed by atoms with E-state index in [-0.39, 0.29) is 42.0 Å². The van der Waals surface area contributed by atoms with Crippen LogP contribution in [0.25, 0.3) is 0 Å². The van der Waals surface area contributed by atoms with E-state index in [4.69, 9.17) is 18.9 Å². The second kappa shape index (κ2) is 11.3. The highest BCUT2D eigenvalue weighted by atomic mass is 16.6. The van der Waals surface area contributed by atoms with Crippen LogP contribution in [0.4, 0.5) is 0 Å². The van der Waals surface area contributed by atoms with Gasteiger partial charge in [-0.25, -0.2) is 0 Å². The minimum Gasteiger partial charge on any atom is -0.374 e. The van der Waals surface area contributed by atoms with Gasteiger partial charge in [0.1, 0.15) is 18.0 Å². The lowest BCUT2D eigenvalue weighted by molar-refractivity contribution is -0.201. The molecule has 1 saturated carbocycles. The summed E-state index contributed by atoms with van der Waals surface area (Å²) in [6.07, 6.45) is -1.07. The fourth-order valence-corrected chi connectivity index (χ4v) is 5.03. The molecule has 5 nitrogen and oxygen atoms in total. The number of carbonyl (C=O) groups is 1. The summed E-state index contributed by atoms with van der Waals surface area (Å²) in [4.78, 5) is 12.4. The number of benzene rings is 3. The third-order valence-electron chi connectivity index (χ3n) is 6.84. The molecular weight excluding hydrogens is 440 g/mol. The van der Waals surface area contributed by atoms with E-state index in [0.29, 0.717) is 26.4 Å². The Kier molecular flexibility index (Phi) is 7.69. The zero-order chi connectivity index (χ0) is 24.0. The molecule has 0 amide bonds. The van der Waals surface area contributed by atoms with Crippen LogP contribution in [-0.4, -0.2) is 36.8 Å². The van der Waals surface area contributed by atoms with E-state index >= 15 is 0 Å². The Balaban J connectivity index is 1.33. The molecule has 2 aliphatic rings. The van der Waals surface area contributed by atoms with Crippen molar-refractivity contribution in [2.45, 2.75) is 51.2 Å². The molecule has 2 fully saturated rings. The summed E-state index contributed by atoms with van der Waals surface area (Å²) in [6.45, 7) is 3.40. The van der Waals surface area contributed by atoms with Crippen LogP contribution in [0.1, 0.15) is 23.6 Å². The van der Waals surface area contributed by atoms with E-state index in [9.17, 15) is 4.79 Å². The number of hydrogen-bond donors (Lipinski definition) is 0. The van der Waals surface area contributed by atoms with Crippen molar-refractivity contribution >= 4 is 5.78 Å². The van der Waals surface area contributed by atoms with Crippen molar-refractivity contribution in [3.63, 3.8) is 0 Å². The van der Waals surface area contributed by atoms with E-state index in [1.165, 1.54) is 0 Å². The SMILES string of the molecule is CC(=O)C1C2O[C@H](COCc3ccccc3)[C@H](OCc3ccccc3)[C@H](OCc3ccccc3)C21. The fraction of sp³-hybridized carbons (Fsp3) is 0.367. The smallest absolute Gasteiger partial charge is 0.135 e. The van der Waals surface area contributed by atoms with Gasteiger partial charge in [-0.3, -0.25) is 4.79 Å². The van der Waals surface area contributed by atoms with Crippen LogP contribution < -0.4 is 0 Å². The van der Waals surface area contributed by atoms with Gasteiger partial charge in [0.25, 0.3) is 0 Å². The topological polar surface area (TPSA) is 54.0 Å². The van der Waals surface area contributed by atoms with Crippen LogP contribution in [0.3, 0.4) is 0 Å². The van der Waals surface area contributed by atoms with Crippen LogP contribution >= 0.6 is 0 Å². The Bertz CT molecular complexity index is 1070. The van der Waals surface area contributed by atoms with Crippen molar-refractivity contribution in [1.29, 1.82) is 0 Å². The van der Waals surface area contributed by atoms with Crippen LogP contribution in [0.15, 0.2) is 91.0 Å². The third kappa shape index (κ3) is 5.88. The standard InChI is InChI=1S/C30H32O5/c1-21(31)26-27-29(26)35-25(20-32-17-22-11-5-2-6-12-22)28(33-18-23-13-7-3-8-14-23)30(27)34-19-24-15-9-4-10-16-24/h2-16,25-30H,17-20H2,1H3/t25-,26?,27?,28+,29?,30-/m1/s1. The van der Waals surface area contributed by atoms with Gasteiger partial charge in [-0.15, -0.1) is 0 Å². The Morgan fingerprint density at radius 1 is 0.714 bits per heavy atom. The van der Waals surface area contributed by atoms with Crippen LogP contribution in [0, 0.1) is 11.8 Å². The van der Waals surface area contributed by atoms with Gasteiger partial charge >= 0.3 is 0 Å². The number of Topliss-reactive ketones (excluding diaryl/α,β-unsaturated/α-hetero) is 1. The molecule has 0 bridgehead atoms. The molecule has 0 radical (unpaired) electrons. The van der Waals surface area contributed by atoms with Gasteiger partial charge in [0.2, 0.25) is 0 Å². The van der Waals surface area contributed by atoms with Gasteiger partial charge in [0.05, 0.1) is 44.6 Å². The largest absolute Gasteiger partial charge is 0.374 e. The number of fused-ring (bicyclic) bond motifs is 1. The van der Waals surface area contributed by atoms with E-state index < -0.39 is 0 Å². The van der Waals surface area contributed by atoms with Crippen LogP contribution in [0.2, 0.25) is 0 Å². The molecule has 6 atom stereocenters. The average molecular weight is 473 g/mol. The van der Waals surface area contributed by atoms with Gasteiger partial charge < -0.3 is 18.9 Å².